The van der Waals surface area contributed by atoms with Gasteiger partial charge < -0.3 is 5.73 Å². The Morgan fingerprint density at radius 1 is 1.54 bits per heavy atom. The van der Waals surface area contributed by atoms with E-state index in [-0.39, 0.29) is 5.84 Å². The van der Waals surface area contributed by atoms with Gasteiger partial charge in [0.25, 0.3) is 10.2 Å². The molecule has 7 heteroatoms. The van der Waals surface area contributed by atoms with Crippen molar-refractivity contribution in [3.8, 4) is 0 Å². The van der Waals surface area contributed by atoms with Crippen molar-refractivity contribution < 1.29 is 8.42 Å². The first-order chi connectivity index (χ1) is 5.93. The highest BCUT2D eigenvalue weighted by Gasteiger charge is 2.16. The van der Waals surface area contributed by atoms with Crippen LogP contribution in [0.2, 0.25) is 0 Å². The van der Waals surface area contributed by atoms with Crippen LogP contribution in [0.15, 0.2) is 0 Å². The van der Waals surface area contributed by atoms with E-state index >= 15 is 0 Å². The van der Waals surface area contributed by atoms with E-state index in [1.165, 1.54) is 0 Å². The zero-order chi connectivity index (χ0) is 10.5. The molecule has 1 unspecified atom stereocenters. The lowest BCUT2D eigenvalue weighted by Gasteiger charge is -2.15. The molecular weight excluding hydrogens is 192 g/mol. The number of hydrogen-bond donors (Lipinski definition) is 4. The average Bonchev–Trinajstić information content (AvgIpc) is 1.99. The summed E-state index contributed by atoms with van der Waals surface area (Å²) in [6, 6.07) is -0.621. The molecule has 0 radical (unpaired) electrons. The number of hydrogen-bond acceptors (Lipinski definition) is 3. The molecule has 0 saturated heterocycles. The summed E-state index contributed by atoms with van der Waals surface area (Å²) in [6.45, 7) is 3.73. The molecule has 78 valence electrons. The van der Waals surface area contributed by atoms with Gasteiger partial charge in [-0.3, -0.25) is 5.41 Å². The minimum atomic E-state index is -3.51. The lowest BCUT2D eigenvalue weighted by molar-refractivity contribution is 0.558. The first-order valence-corrected chi connectivity index (χ1v) is 5.52. The van der Waals surface area contributed by atoms with Gasteiger partial charge in [-0.05, 0) is 6.42 Å². The third-order valence-electron chi connectivity index (χ3n) is 1.42. The maximum atomic E-state index is 11.1. The predicted molar refractivity (Wildman–Crippen MR) is 51.7 cm³/mol. The summed E-state index contributed by atoms with van der Waals surface area (Å²) >= 11 is 0. The number of rotatable bonds is 6. The maximum Gasteiger partial charge on any atom is 0.277 e. The van der Waals surface area contributed by atoms with Crippen molar-refractivity contribution in [1.29, 1.82) is 5.41 Å². The second-order valence-electron chi connectivity index (χ2n) is 2.54. The van der Waals surface area contributed by atoms with Gasteiger partial charge in [-0.2, -0.15) is 13.1 Å². The molecule has 0 spiro atoms. The van der Waals surface area contributed by atoms with Crippen LogP contribution in [0.4, 0.5) is 0 Å². The first kappa shape index (κ1) is 12.3. The summed E-state index contributed by atoms with van der Waals surface area (Å²) in [7, 11) is -3.51. The zero-order valence-corrected chi connectivity index (χ0v) is 8.61. The van der Waals surface area contributed by atoms with Crippen molar-refractivity contribution in [3.63, 3.8) is 0 Å². The summed E-state index contributed by atoms with van der Waals surface area (Å²) in [5, 5.41) is 7.09. The molecule has 0 aliphatic heterocycles. The Morgan fingerprint density at radius 2 is 2.08 bits per heavy atom. The quantitative estimate of drug-likeness (QED) is 0.337. The van der Waals surface area contributed by atoms with Crippen molar-refractivity contribution in [1.82, 2.24) is 9.44 Å². The van der Waals surface area contributed by atoms with Crippen LogP contribution < -0.4 is 15.2 Å². The molecule has 0 fully saturated rings. The lowest BCUT2D eigenvalue weighted by atomic mass is 10.2. The Labute approximate surface area is 78.6 Å². The SMILES string of the molecule is CCNS(=O)(=O)NC(CC)C(=N)N. The van der Waals surface area contributed by atoms with Crippen molar-refractivity contribution in [2.45, 2.75) is 26.3 Å². The molecule has 0 aromatic rings. The molecular formula is C6H16N4O2S. The highest BCUT2D eigenvalue weighted by atomic mass is 32.2. The molecule has 5 N–H and O–H groups in total. The van der Waals surface area contributed by atoms with E-state index < -0.39 is 16.3 Å². The molecule has 0 aliphatic carbocycles. The van der Waals surface area contributed by atoms with E-state index in [0.717, 1.165) is 0 Å². The van der Waals surface area contributed by atoms with Crippen LogP contribution in [-0.4, -0.2) is 26.8 Å². The number of nitrogens with one attached hydrogen (secondary N) is 3. The van der Waals surface area contributed by atoms with Gasteiger partial charge in [-0.25, -0.2) is 4.72 Å². The summed E-state index contributed by atoms with van der Waals surface area (Å²) < 4.78 is 26.8. The van der Waals surface area contributed by atoms with Crippen LogP contribution in [0.1, 0.15) is 20.3 Å². The largest absolute Gasteiger partial charge is 0.386 e. The minimum absolute atomic E-state index is 0.177. The van der Waals surface area contributed by atoms with E-state index in [2.05, 4.69) is 9.44 Å². The van der Waals surface area contributed by atoms with E-state index in [9.17, 15) is 8.42 Å². The van der Waals surface area contributed by atoms with Gasteiger partial charge >= 0.3 is 0 Å². The van der Waals surface area contributed by atoms with E-state index in [1.54, 1.807) is 13.8 Å². The summed E-state index contributed by atoms with van der Waals surface area (Å²) in [5.74, 6) is -0.177. The third kappa shape index (κ3) is 4.81. The molecule has 0 heterocycles. The van der Waals surface area contributed by atoms with Gasteiger partial charge in [0.15, 0.2) is 0 Å². The molecule has 13 heavy (non-hydrogen) atoms. The smallest absolute Gasteiger partial charge is 0.277 e. The molecule has 0 aromatic heterocycles. The van der Waals surface area contributed by atoms with Crippen molar-refractivity contribution in [3.05, 3.63) is 0 Å². The Hall–Kier alpha value is -0.660. The monoisotopic (exact) mass is 208 g/mol. The summed E-state index contributed by atoms with van der Waals surface area (Å²) in [6.07, 6.45) is 0.458. The molecule has 0 rings (SSSR count). The first-order valence-electron chi connectivity index (χ1n) is 4.03. The average molecular weight is 208 g/mol. The van der Waals surface area contributed by atoms with E-state index in [1.807, 2.05) is 0 Å². The third-order valence-corrected chi connectivity index (χ3v) is 2.68. The molecule has 6 nitrogen and oxygen atoms in total. The van der Waals surface area contributed by atoms with Gasteiger partial charge in [0.1, 0.15) is 5.84 Å². The van der Waals surface area contributed by atoms with Gasteiger partial charge in [0.05, 0.1) is 6.04 Å². The maximum absolute atomic E-state index is 11.1. The van der Waals surface area contributed by atoms with Gasteiger partial charge in [0.2, 0.25) is 0 Å². The predicted octanol–water partition coefficient (Wildman–Crippen LogP) is -0.855. The fourth-order valence-corrected chi connectivity index (χ4v) is 1.92. The zero-order valence-electron chi connectivity index (χ0n) is 7.79. The molecule has 0 amide bonds. The Balaban J connectivity index is 4.31. The van der Waals surface area contributed by atoms with Crippen molar-refractivity contribution in [2.24, 2.45) is 5.73 Å². The van der Waals surface area contributed by atoms with Crippen LogP contribution in [-0.2, 0) is 10.2 Å². The van der Waals surface area contributed by atoms with Crippen LogP contribution in [0.5, 0.6) is 0 Å². The van der Waals surface area contributed by atoms with Gasteiger partial charge in [-0.1, -0.05) is 13.8 Å². The number of amidine groups is 1. The van der Waals surface area contributed by atoms with Gasteiger partial charge in [0, 0.05) is 6.54 Å². The fourth-order valence-electron chi connectivity index (χ4n) is 0.786. The second-order valence-corrected chi connectivity index (χ2v) is 4.07. The molecule has 0 aliphatic rings. The Kier molecular flexibility index (Phi) is 4.89. The second kappa shape index (κ2) is 5.15. The summed E-state index contributed by atoms with van der Waals surface area (Å²) in [4.78, 5) is 0. The van der Waals surface area contributed by atoms with Crippen LogP contribution >= 0.6 is 0 Å². The Morgan fingerprint density at radius 3 is 2.38 bits per heavy atom. The number of nitrogens with two attached hydrogens (primary N) is 1. The fraction of sp³-hybridized carbons (Fsp3) is 0.833. The van der Waals surface area contributed by atoms with Crippen LogP contribution in [0.3, 0.4) is 0 Å². The molecule has 0 aromatic carbocycles. The van der Waals surface area contributed by atoms with E-state index in [0.29, 0.717) is 13.0 Å². The van der Waals surface area contributed by atoms with Crippen molar-refractivity contribution >= 4 is 16.0 Å². The topological polar surface area (TPSA) is 108 Å². The standard InChI is InChI=1S/C6H16N4O2S/c1-3-5(6(7)8)10-13(11,12)9-4-2/h5,9-10H,3-4H2,1-2H3,(H3,7,8). The minimum Gasteiger partial charge on any atom is -0.386 e. The summed E-state index contributed by atoms with van der Waals surface area (Å²) in [5.41, 5.74) is 5.18. The highest BCUT2D eigenvalue weighted by molar-refractivity contribution is 7.87. The lowest BCUT2D eigenvalue weighted by Crippen LogP contribution is -2.48. The van der Waals surface area contributed by atoms with E-state index in [4.69, 9.17) is 11.1 Å². The van der Waals surface area contributed by atoms with Gasteiger partial charge in [-0.15, -0.1) is 0 Å². The highest BCUT2D eigenvalue weighted by Crippen LogP contribution is 1.91. The van der Waals surface area contributed by atoms with Crippen LogP contribution in [0, 0.1) is 5.41 Å². The molecule has 0 saturated carbocycles. The normalized spacial score (nSPS) is 14.0. The Bertz CT molecular complexity index is 262. The molecule has 1 atom stereocenters. The molecule has 0 bridgehead atoms. The van der Waals surface area contributed by atoms with Crippen molar-refractivity contribution in [2.75, 3.05) is 6.54 Å². The van der Waals surface area contributed by atoms with Crippen LogP contribution in [0.25, 0.3) is 0 Å².